The minimum atomic E-state index is -5.48. The third-order valence-corrected chi connectivity index (χ3v) is 30.4. The average molecular weight is 1960 g/mol. The van der Waals surface area contributed by atoms with Gasteiger partial charge in [0.05, 0.1) is 42.7 Å². The average Bonchev–Trinajstić information content (AvgIpc) is 0.778. The Morgan fingerprint density at radius 3 is 0.348 bits per heavy atom. The first-order valence-corrected chi connectivity index (χ1v) is 49.5. The van der Waals surface area contributed by atoms with E-state index in [9.17, 15) is 162 Å². The molecule has 0 spiro atoms. The molecule has 112 heavy (non-hydrogen) atoms. The molecule has 0 aromatic carbocycles. The van der Waals surface area contributed by atoms with Crippen molar-refractivity contribution in [3.05, 3.63) is 0 Å². The van der Waals surface area contributed by atoms with Crippen LogP contribution in [-0.2, 0) is 130 Å². The predicted octanol–water partition coefficient (Wildman–Crippen LogP) is -34.8. The van der Waals surface area contributed by atoms with Gasteiger partial charge in [-0.25, -0.2) is 58.9 Å². The number of hydrogen-bond donors (Lipinski definition) is 14. The van der Waals surface area contributed by atoms with Crippen molar-refractivity contribution in [2.75, 3.05) is 40.3 Å². The van der Waals surface area contributed by atoms with Crippen molar-refractivity contribution in [2.45, 2.75) is 215 Å². The summed E-state index contributed by atoms with van der Waals surface area (Å²) in [6.07, 6.45) is -88.9. The van der Waals surface area contributed by atoms with Crippen molar-refractivity contribution >= 4 is 140 Å². The third-order valence-electron chi connectivity index (χ3n) is 16.2. The predicted molar refractivity (Wildman–Crippen MR) is 334 cm³/mol. The van der Waals surface area contributed by atoms with Crippen molar-refractivity contribution in [1.82, 2.24) is 0 Å². The van der Waals surface area contributed by atoms with E-state index in [1.165, 1.54) is 0 Å². The van der Waals surface area contributed by atoms with Crippen molar-refractivity contribution in [3.8, 4) is 0 Å². The molecule has 0 amide bonds. The number of ether oxygens (including phenoxy) is 14. The van der Waals surface area contributed by atoms with Crippen molar-refractivity contribution in [3.63, 3.8) is 0 Å². The molecule has 21 rings (SSSR count). The molecule has 21 saturated heterocycles. The van der Waals surface area contributed by atoms with E-state index in [1.807, 2.05) is 0 Å². The molecule has 21 aliphatic heterocycles. The van der Waals surface area contributed by atoms with Crippen molar-refractivity contribution in [1.29, 1.82) is 0 Å². The fraction of sp³-hybridized carbons (Fsp3) is 1.00. The Kier molecular flexibility index (Phi) is 51.8. The van der Waals surface area contributed by atoms with Crippen LogP contribution in [0.1, 0.15) is 0 Å². The van der Waals surface area contributed by atoms with E-state index in [1.54, 1.807) is 0 Å². The summed E-state index contributed by atoms with van der Waals surface area (Å²) in [6.45, 7) is 0. The summed E-state index contributed by atoms with van der Waals surface area (Å²) in [6, 6.07) is 0. The maximum absolute atomic E-state index is 12.1. The topological polar surface area (TPSA) is 813 Å². The molecule has 0 aromatic heterocycles. The van der Waals surface area contributed by atoms with Crippen LogP contribution in [-0.4, -0.2) is 417 Å². The first-order chi connectivity index (χ1) is 48.2. The Labute approximate surface area is 817 Å². The van der Waals surface area contributed by atoms with E-state index in [0.29, 0.717) is 0 Å². The van der Waals surface area contributed by atoms with E-state index in [2.05, 4.69) is 0 Å². The van der Waals surface area contributed by atoms with Gasteiger partial charge in [0.15, 0.2) is 44.0 Å². The zero-order chi connectivity index (χ0) is 78.5. The molecular formula is C42H63Na7O49S14. The van der Waals surface area contributed by atoms with Gasteiger partial charge in [0.2, 0.25) is 0 Å². The molecule has 70 heteroatoms. The molecule has 14 N–H and O–H groups in total. The molecule has 14 bridgehead atoms. The molecule has 21 aliphatic rings. The molecule has 21 fully saturated rings. The van der Waals surface area contributed by atoms with Gasteiger partial charge in [-0.3, -0.25) is 0 Å². The van der Waals surface area contributed by atoms with Gasteiger partial charge in [-0.15, -0.1) is 0 Å². The molecule has 0 aliphatic carbocycles. The first-order valence-electron chi connectivity index (χ1n) is 29.1. The quantitative estimate of drug-likeness (QED) is 0.0288. The zero-order valence-corrected chi connectivity index (χ0v) is 83.9. The van der Waals surface area contributed by atoms with Crippen LogP contribution in [0.3, 0.4) is 0 Å². The Morgan fingerprint density at radius 1 is 0.179 bits per heavy atom. The van der Waals surface area contributed by atoms with Gasteiger partial charge < -0.3 is 170 Å². The first kappa shape index (κ1) is 118. The summed E-state index contributed by atoms with van der Waals surface area (Å²) < 4.78 is 333. The van der Waals surface area contributed by atoms with Gasteiger partial charge in [0.1, 0.15) is 192 Å². The second kappa shape index (κ2) is 49.3. The largest absolute Gasteiger partial charge is 1.00 e. The van der Waals surface area contributed by atoms with Crippen LogP contribution in [0.2, 0.25) is 0 Å². The number of hydrogen-bond acceptors (Lipinski definition) is 56. The fourth-order valence-corrected chi connectivity index (χ4v) is 21.7. The molecule has 0 unspecified atom stereocenters. The minimum absolute atomic E-state index is 0. The Bertz CT molecular complexity index is 3100. The maximum Gasteiger partial charge on any atom is 1.00 e. The van der Waals surface area contributed by atoms with Gasteiger partial charge in [0, 0.05) is 40.3 Å². The van der Waals surface area contributed by atoms with Gasteiger partial charge in [-0.1, -0.05) is 0 Å². The van der Waals surface area contributed by atoms with E-state index in [4.69, 9.17) is 66.3 Å². The fourth-order valence-electron chi connectivity index (χ4n) is 11.4. The molecular weight excluding hydrogens is 1900 g/mol. The Balaban J connectivity index is 0.00000896. The van der Waals surface area contributed by atoms with Crippen LogP contribution in [0.4, 0.5) is 0 Å². The van der Waals surface area contributed by atoms with Gasteiger partial charge in [0.25, 0.3) is 0 Å². The third kappa shape index (κ3) is 33.8. The van der Waals surface area contributed by atoms with Crippen LogP contribution in [0.5, 0.6) is 0 Å². The molecule has 21 heterocycles. The number of rotatable bonds is 21. The summed E-state index contributed by atoms with van der Waals surface area (Å²) >= 11 is 0. The number of aliphatic hydroxyl groups is 14. The van der Waals surface area contributed by atoms with Gasteiger partial charge >= 0.3 is 207 Å². The van der Waals surface area contributed by atoms with Crippen LogP contribution in [0.15, 0.2) is 0 Å². The summed E-state index contributed by atoms with van der Waals surface area (Å²) in [5.74, 6) is -8.82. The zero-order valence-electron chi connectivity index (χ0n) is 58.4. The second-order valence-electron chi connectivity index (χ2n) is 23.2. The smallest absolute Gasteiger partial charge is 0.739 e. The normalized spacial score (nSPS) is 42.1. The molecule has 35 atom stereocenters. The van der Waals surface area contributed by atoms with E-state index in [-0.39, 0.29) is 207 Å². The van der Waals surface area contributed by atoms with Crippen LogP contribution in [0.25, 0.3) is 0 Å². The standard InChI is InChI=1S/C42H70O49S14.7Na/c43-15-22(50)36-78-8(1-92-99(57,58)59)29(15)85-37-23(51)16(44)31(10(79-37)3-94-101(63,64)65)87-39-25(53)18(46)33(12(81-39)5-96-103(69,70)71)89-41-27(55)20(48)35(14(83-41)7-98-105(75,76)77)91-42-28(56)21(49)34(13(84-42)6-97-104(72,73)74)90-40-26(54)19(47)32(11(82-40)4-95-102(66,67)68)88-38-24(52)17(45)30(86-36)9(80-38)2-93-100(60,61)62;;;;;;;/h8-56H,1-7H2,(H,57,58,59)(H,60,61,62)(H,63,64,65)(H,66,67,68)(H,69,70,71)(H,72,73,74)(H,75,76,77);;;;;;;/q;7*+1/p-7/t8-,9-,10-,11-,12-,13-,14-,15-,16-,17-,18-,19-,20-,21-,22-,23-,24-,25-,26-,27-,28-,29-,30-,31-,32-,33-,34-,35-,36-,37-,38-,39-,40-,41-,42-;;;;;;;/m1......./s1. The van der Waals surface area contributed by atoms with Crippen LogP contribution < -0.4 is 207 Å². The van der Waals surface area contributed by atoms with E-state index < -0.39 is 395 Å². The van der Waals surface area contributed by atoms with Gasteiger partial charge in [-0.2, -0.15) is 0 Å². The monoisotopic (exact) mass is 1960 g/mol. The summed E-state index contributed by atoms with van der Waals surface area (Å²) in [4.78, 5) is 0. The minimum Gasteiger partial charge on any atom is -0.739 e. The maximum atomic E-state index is 12.1. The Hall–Kier alpha value is 7.70. The summed E-state index contributed by atoms with van der Waals surface area (Å²) in [7, 11) is -42.2. The second-order valence-corrected chi connectivity index (χ2v) is 46.4. The van der Waals surface area contributed by atoms with Crippen molar-refractivity contribution < 1.29 is 436 Å². The van der Waals surface area contributed by atoms with E-state index in [0.717, 1.165) is 0 Å². The van der Waals surface area contributed by atoms with E-state index >= 15 is 0 Å². The van der Waals surface area contributed by atoms with Crippen LogP contribution >= 0.6 is 75.6 Å². The number of aliphatic hydroxyl groups excluding tert-OH is 14. The molecule has 616 valence electrons. The van der Waals surface area contributed by atoms with Crippen molar-refractivity contribution in [2.24, 2.45) is 0 Å². The van der Waals surface area contributed by atoms with Gasteiger partial charge in [-0.05, 0) is 75.6 Å². The molecule has 0 radical (unpaired) electrons. The Morgan fingerprint density at radius 2 is 0.268 bits per heavy atom. The molecule has 0 aromatic rings. The molecule has 0 saturated carbocycles. The summed E-state index contributed by atoms with van der Waals surface area (Å²) in [5.41, 5.74) is 0. The van der Waals surface area contributed by atoms with Crippen LogP contribution in [0, 0.1) is 0 Å². The summed E-state index contributed by atoms with van der Waals surface area (Å²) in [5, 5.41) is 164. The molecule has 49 nitrogen and oxygen atoms in total. The SMILES string of the molecule is O=S(=O)([O-])SC[C@H]1O[C@@H]2O[C@H]3[C@H](O)[C@@H](O)[C@@H](O[C@H]4[C@H](O)[C@@H](O)[C@@H](O[C@H]5[C@H](O)[C@@H](O)[C@@H](O[C@H]6[C@H](O)[C@@H](O)[C@@H](O[C@H]7[C@H](O)[C@@H](O)[C@@H](O[C@H]8[C@H](O)[C@@H](O)[C@@H](O[C@H]1[C@H](O)[C@H]2O)O[C@@H]8CSS(=O)(=O)[O-])O[C@@H]7CSS(=O)(=O)[O-])O[C@@H]6CSS(=O)(=O)[O-])O[C@@H]5CSS(=O)(=O)[O-])O[C@@H]4CSS(=O)(=O)[O-])O[C@@H]3CSS(=O)(=O)[O-].[Na+].[Na+].[Na+].[Na+].[Na+].[Na+].[Na+].